The van der Waals surface area contributed by atoms with Gasteiger partial charge in [0.25, 0.3) is 0 Å². The van der Waals surface area contributed by atoms with Crippen molar-refractivity contribution in [1.82, 2.24) is 5.32 Å². The van der Waals surface area contributed by atoms with Gasteiger partial charge in [0.05, 0.1) is 0 Å². The molecule has 0 unspecified atom stereocenters. The lowest BCUT2D eigenvalue weighted by atomic mass is 10.1. The Balaban J connectivity index is 1.56. The van der Waals surface area contributed by atoms with Crippen LogP contribution in [-0.2, 0) is 13.0 Å². The Kier molecular flexibility index (Phi) is 4.27. The number of hydrogen-bond acceptors (Lipinski definition) is 2. The molecule has 1 nitrogen and oxygen atoms in total. The quantitative estimate of drug-likeness (QED) is 0.684. The van der Waals surface area contributed by atoms with Gasteiger partial charge in [-0.2, -0.15) is 0 Å². The molecule has 2 aromatic carbocycles. The Morgan fingerprint density at radius 2 is 1.76 bits per heavy atom. The van der Waals surface area contributed by atoms with Crippen LogP contribution in [-0.4, -0.2) is 6.54 Å². The second-order valence-electron chi connectivity index (χ2n) is 4.96. The van der Waals surface area contributed by atoms with Gasteiger partial charge in [-0.25, -0.2) is 8.78 Å². The summed E-state index contributed by atoms with van der Waals surface area (Å²) < 4.78 is 27.4. The van der Waals surface area contributed by atoms with E-state index in [1.54, 1.807) is 11.3 Å². The molecule has 4 heteroatoms. The molecular weight excluding hydrogens is 288 g/mol. The van der Waals surface area contributed by atoms with Crippen molar-refractivity contribution in [3.63, 3.8) is 0 Å². The fraction of sp³-hybridized carbons (Fsp3) is 0.176. The summed E-state index contributed by atoms with van der Waals surface area (Å²) in [6, 6.07) is 12.0. The van der Waals surface area contributed by atoms with Gasteiger partial charge in [0.2, 0.25) is 0 Å². The number of benzene rings is 2. The van der Waals surface area contributed by atoms with Crippen molar-refractivity contribution in [3.05, 3.63) is 70.6 Å². The first-order chi connectivity index (χ1) is 10.2. The molecule has 3 aromatic rings. The van der Waals surface area contributed by atoms with Crippen LogP contribution in [0.4, 0.5) is 8.78 Å². The molecular formula is C17H15F2NS. The van der Waals surface area contributed by atoms with Crippen LogP contribution in [0.5, 0.6) is 0 Å². The summed E-state index contributed by atoms with van der Waals surface area (Å²) in [4.78, 5) is 0. The van der Waals surface area contributed by atoms with Gasteiger partial charge in [-0.05, 0) is 53.1 Å². The summed E-state index contributed by atoms with van der Waals surface area (Å²) in [5.74, 6) is -1.04. The summed E-state index contributed by atoms with van der Waals surface area (Å²) in [7, 11) is 0. The average Bonchev–Trinajstić information content (AvgIpc) is 2.86. The van der Waals surface area contributed by atoms with Crippen molar-refractivity contribution in [2.45, 2.75) is 13.0 Å². The second kappa shape index (κ2) is 6.33. The van der Waals surface area contributed by atoms with E-state index in [4.69, 9.17) is 0 Å². The highest BCUT2D eigenvalue weighted by Gasteiger charge is 2.03. The third kappa shape index (κ3) is 3.46. The Morgan fingerprint density at radius 3 is 2.57 bits per heavy atom. The molecule has 3 rings (SSSR count). The molecule has 0 saturated heterocycles. The van der Waals surface area contributed by atoms with Crippen LogP contribution in [0.15, 0.2) is 47.8 Å². The molecule has 1 heterocycles. The molecule has 0 aliphatic heterocycles. The lowest BCUT2D eigenvalue weighted by molar-refractivity contribution is 0.577. The van der Waals surface area contributed by atoms with E-state index in [1.807, 2.05) is 12.1 Å². The van der Waals surface area contributed by atoms with Gasteiger partial charge in [0, 0.05) is 17.3 Å². The van der Waals surface area contributed by atoms with Crippen LogP contribution >= 0.6 is 11.3 Å². The Hall–Kier alpha value is -1.78. The molecule has 0 aliphatic rings. The number of halogens is 2. The first-order valence-electron chi connectivity index (χ1n) is 6.83. The minimum absolute atomic E-state index is 0.520. The number of nitrogens with one attached hydrogen (secondary N) is 1. The van der Waals surface area contributed by atoms with E-state index in [-0.39, 0.29) is 0 Å². The molecule has 0 spiro atoms. The zero-order valence-corrected chi connectivity index (χ0v) is 12.2. The van der Waals surface area contributed by atoms with Crippen LogP contribution in [0.2, 0.25) is 0 Å². The van der Waals surface area contributed by atoms with E-state index in [0.717, 1.165) is 12.6 Å². The molecule has 0 amide bonds. The van der Waals surface area contributed by atoms with E-state index < -0.39 is 11.6 Å². The smallest absolute Gasteiger partial charge is 0.126 e. The molecule has 21 heavy (non-hydrogen) atoms. The van der Waals surface area contributed by atoms with E-state index in [2.05, 4.69) is 22.8 Å². The van der Waals surface area contributed by atoms with E-state index in [9.17, 15) is 8.78 Å². The summed E-state index contributed by atoms with van der Waals surface area (Å²) in [5.41, 5.74) is 1.94. The second-order valence-corrected chi connectivity index (χ2v) is 5.87. The molecule has 1 N–H and O–H groups in total. The highest BCUT2D eigenvalue weighted by atomic mass is 32.1. The zero-order chi connectivity index (χ0) is 14.7. The molecule has 0 radical (unpaired) electrons. The summed E-state index contributed by atoms with van der Waals surface area (Å²) >= 11 is 1.73. The van der Waals surface area contributed by atoms with Crippen LogP contribution in [0.3, 0.4) is 0 Å². The van der Waals surface area contributed by atoms with Crippen LogP contribution in [0, 0.1) is 11.6 Å². The van der Waals surface area contributed by atoms with Crippen LogP contribution in [0.1, 0.15) is 11.1 Å². The molecule has 1 aromatic heterocycles. The van der Waals surface area contributed by atoms with Gasteiger partial charge in [-0.15, -0.1) is 11.3 Å². The normalized spacial score (nSPS) is 11.1. The van der Waals surface area contributed by atoms with Crippen molar-refractivity contribution in [2.75, 3.05) is 6.54 Å². The molecule has 0 atom stereocenters. The lowest BCUT2D eigenvalue weighted by Gasteiger charge is -2.05. The van der Waals surface area contributed by atoms with Gasteiger partial charge in [0.15, 0.2) is 0 Å². The molecule has 0 aliphatic carbocycles. The third-order valence-corrected chi connectivity index (χ3v) is 4.40. The lowest BCUT2D eigenvalue weighted by Crippen LogP contribution is -2.16. The van der Waals surface area contributed by atoms with Gasteiger partial charge < -0.3 is 5.32 Å². The average molecular weight is 303 g/mol. The largest absolute Gasteiger partial charge is 0.312 e. The van der Waals surface area contributed by atoms with Crippen molar-refractivity contribution in [1.29, 1.82) is 0 Å². The number of hydrogen-bond donors (Lipinski definition) is 1. The van der Waals surface area contributed by atoms with Crippen LogP contribution in [0.25, 0.3) is 10.1 Å². The number of rotatable bonds is 5. The summed E-state index contributed by atoms with van der Waals surface area (Å²) in [6.45, 7) is 1.45. The van der Waals surface area contributed by atoms with Crippen molar-refractivity contribution >= 4 is 21.4 Å². The monoisotopic (exact) mass is 303 g/mol. The Morgan fingerprint density at radius 1 is 1.00 bits per heavy atom. The molecule has 108 valence electrons. The van der Waals surface area contributed by atoms with E-state index >= 15 is 0 Å². The summed E-state index contributed by atoms with van der Waals surface area (Å²) in [5, 5.41) is 6.75. The number of thiophene rings is 1. The summed E-state index contributed by atoms with van der Waals surface area (Å²) in [6.07, 6.45) is 0.608. The fourth-order valence-electron chi connectivity index (χ4n) is 2.38. The van der Waals surface area contributed by atoms with E-state index in [1.165, 1.54) is 27.8 Å². The first-order valence-corrected chi connectivity index (χ1v) is 7.71. The maximum absolute atomic E-state index is 13.1. The Labute approximate surface area is 126 Å². The van der Waals surface area contributed by atoms with Crippen LogP contribution < -0.4 is 5.32 Å². The van der Waals surface area contributed by atoms with E-state index in [0.29, 0.717) is 18.5 Å². The third-order valence-electron chi connectivity index (χ3n) is 3.39. The topological polar surface area (TPSA) is 12.0 Å². The van der Waals surface area contributed by atoms with Crippen molar-refractivity contribution in [2.24, 2.45) is 0 Å². The van der Waals surface area contributed by atoms with Gasteiger partial charge in [0.1, 0.15) is 11.6 Å². The molecule has 0 saturated carbocycles. The van der Waals surface area contributed by atoms with Crippen molar-refractivity contribution < 1.29 is 8.78 Å². The van der Waals surface area contributed by atoms with Crippen molar-refractivity contribution in [3.8, 4) is 0 Å². The predicted molar refractivity (Wildman–Crippen MR) is 83.6 cm³/mol. The minimum atomic E-state index is -0.520. The molecule has 0 fully saturated rings. The van der Waals surface area contributed by atoms with Gasteiger partial charge in [-0.3, -0.25) is 0 Å². The zero-order valence-electron chi connectivity index (χ0n) is 11.4. The Bertz CT molecular complexity index is 731. The minimum Gasteiger partial charge on any atom is -0.312 e. The van der Waals surface area contributed by atoms with Gasteiger partial charge >= 0.3 is 0 Å². The SMILES string of the molecule is Fc1cc(F)cc(CCNCc2csc3ccccc23)c1. The highest BCUT2D eigenvalue weighted by Crippen LogP contribution is 2.25. The maximum atomic E-state index is 13.1. The fourth-order valence-corrected chi connectivity index (χ4v) is 3.34. The first kappa shape index (κ1) is 14.2. The van der Waals surface area contributed by atoms with Gasteiger partial charge in [-0.1, -0.05) is 18.2 Å². The standard InChI is InChI=1S/C17H15F2NS/c18-14-7-12(8-15(19)9-14)5-6-20-10-13-11-21-17-4-2-1-3-16(13)17/h1-4,7-9,11,20H,5-6,10H2. The predicted octanol–water partition coefficient (Wildman–Crippen LogP) is 4.51. The maximum Gasteiger partial charge on any atom is 0.126 e. The molecule has 0 bridgehead atoms. The highest BCUT2D eigenvalue weighted by molar-refractivity contribution is 7.17. The number of fused-ring (bicyclic) bond motifs is 1.